The molecule has 3 heterocycles. The van der Waals surface area contributed by atoms with Crippen molar-refractivity contribution < 1.29 is 19.4 Å². The fraction of sp³-hybridized carbons (Fsp3) is 0.333. The highest BCUT2D eigenvalue weighted by atomic mass is 35.5. The number of amides is 1. The van der Waals surface area contributed by atoms with Crippen molar-refractivity contribution in [2.75, 3.05) is 4.90 Å². The van der Waals surface area contributed by atoms with E-state index in [2.05, 4.69) is 6.58 Å². The number of carbonyl (C=O) groups excluding carboxylic acids is 2. The maximum Gasteiger partial charge on any atom is 0.234 e. The quantitative estimate of drug-likeness (QED) is 0.772. The zero-order chi connectivity index (χ0) is 17.1. The van der Waals surface area contributed by atoms with E-state index in [1.54, 1.807) is 41.3 Å². The van der Waals surface area contributed by atoms with Crippen molar-refractivity contribution in [2.45, 2.75) is 24.2 Å². The Bertz CT molecular complexity index is 759. The van der Waals surface area contributed by atoms with Gasteiger partial charge in [-0.2, -0.15) is 0 Å². The van der Waals surface area contributed by atoms with Gasteiger partial charge < -0.3 is 19.5 Å². The van der Waals surface area contributed by atoms with Gasteiger partial charge in [0.05, 0.1) is 18.1 Å². The molecule has 1 aromatic carbocycles. The number of hydrogen-bond acceptors (Lipinski definition) is 4. The Kier molecular flexibility index (Phi) is 3.34. The molecule has 1 amide bonds. The van der Waals surface area contributed by atoms with Crippen molar-refractivity contribution in [3.63, 3.8) is 0 Å². The molecule has 0 radical (unpaired) electrons. The Morgan fingerprint density at radius 3 is 2.75 bits per heavy atom. The summed E-state index contributed by atoms with van der Waals surface area (Å²) in [4.78, 5) is 26.3. The molecule has 6 heteroatoms. The molecule has 0 aliphatic carbocycles. The van der Waals surface area contributed by atoms with Gasteiger partial charge in [0.1, 0.15) is 5.60 Å². The molecule has 5 atom stereocenters. The van der Waals surface area contributed by atoms with Gasteiger partial charge in [-0.25, -0.2) is 0 Å². The predicted molar refractivity (Wildman–Crippen MR) is 86.3 cm³/mol. The third-order valence-corrected chi connectivity index (χ3v) is 5.44. The summed E-state index contributed by atoms with van der Waals surface area (Å²) in [6.07, 6.45) is 5.16. The summed E-state index contributed by atoms with van der Waals surface area (Å²) in [5.74, 6) is -3.25. The van der Waals surface area contributed by atoms with E-state index in [9.17, 15) is 14.7 Å². The van der Waals surface area contributed by atoms with E-state index in [-0.39, 0.29) is 11.9 Å². The molecule has 2 saturated heterocycles. The number of carbonyl (C=O) groups is 2. The molecule has 2 fully saturated rings. The number of carboxylic acids is 1. The molecule has 1 aromatic rings. The molecule has 0 saturated carbocycles. The lowest BCUT2D eigenvalue weighted by molar-refractivity contribution is -0.313. The molecular weight excluding hydrogens is 330 g/mol. The number of halogens is 1. The minimum Gasteiger partial charge on any atom is -0.550 e. The third-order valence-electron chi connectivity index (χ3n) is 5.19. The minimum atomic E-state index is -1.25. The SMILES string of the molecule is C=CC[C@H]1N(c2ccc(Cl)cc2)C(=O)[C@H]2[C@@H](C(=O)[O-])[C@@H]3C=C[C@]21O3. The van der Waals surface area contributed by atoms with Crippen molar-refractivity contribution in [3.8, 4) is 0 Å². The minimum absolute atomic E-state index is 0.259. The van der Waals surface area contributed by atoms with Crippen LogP contribution in [-0.4, -0.2) is 29.6 Å². The van der Waals surface area contributed by atoms with Gasteiger partial charge in [-0.15, -0.1) is 6.58 Å². The van der Waals surface area contributed by atoms with Crippen molar-refractivity contribution in [1.82, 2.24) is 0 Å². The van der Waals surface area contributed by atoms with Gasteiger partial charge >= 0.3 is 0 Å². The van der Waals surface area contributed by atoms with Gasteiger partial charge in [-0.05, 0) is 30.7 Å². The lowest BCUT2D eigenvalue weighted by Crippen LogP contribution is -2.46. The zero-order valence-corrected chi connectivity index (χ0v) is 13.5. The van der Waals surface area contributed by atoms with E-state index < -0.39 is 29.5 Å². The largest absolute Gasteiger partial charge is 0.550 e. The lowest BCUT2D eigenvalue weighted by atomic mass is 9.74. The van der Waals surface area contributed by atoms with Crippen molar-refractivity contribution in [3.05, 3.63) is 54.1 Å². The summed E-state index contributed by atoms with van der Waals surface area (Å²) in [6, 6.07) is 6.55. The summed E-state index contributed by atoms with van der Waals surface area (Å²) in [6.45, 7) is 3.77. The first-order valence-electron chi connectivity index (χ1n) is 7.77. The summed E-state index contributed by atoms with van der Waals surface area (Å²) in [5.41, 5.74) is -0.280. The number of rotatable bonds is 4. The summed E-state index contributed by atoms with van der Waals surface area (Å²) < 4.78 is 6.00. The van der Waals surface area contributed by atoms with Gasteiger partial charge in [0.25, 0.3) is 0 Å². The molecular formula is C18H15ClNO4-. The number of hydrogen-bond donors (Lipinski definition) is 0. The van der Waals surface area contributed by atoms with Crippen molar-refractivity contribution in [1.29, 1.82) is 0 Å². The van der Waals surface area contributed by atoms with Gasteiger partial charge in [0.15, 0.2) is 0 Å². The maximum absolute atomic E-state index is 13.1. The highest BCUT2D eigenvalue weighted by molar-refractivity contribution is 6.30. The predicted octanol–water partition coefficient (Wildman–Crippen LogP) is 1.32. The van der Waals surface area contributed by atoms with Crippen LogP contribution < -0.4 is 10.0 Å². The first-order valence-corrected chi connectivity index (χ1v) is 8.15. The Labute approximate surface area is 144 Å². The topological polar surface area (TPSA) is 69.7 Å². The smallest absolute Gasteiger partial charge is 0.234 e. The van der Waals surface area contributed by atoms with Crippen LogP contribution in [0.4, 0.5) is 5.69 Å². The second-order valence-electron chi connectivity index (χ2n) is 6.34. The normalized spacial score (nSPS) is 36.2. The Morgan fingerprint density at radius 2 is 2.12 bits per heavy atom. The molecule has 5 nitrogen and oxygen atoms in total. The van der Waals surface area contributed by atoms with Crippen molar-refractivity contribution in [2.24, 2.45) is 11.8 Å². The highest BCUT2D eigenvalue weighted by Crippen LogP contribution is 2.56. The van der Waals surface area contributed by atoms with Crippen LogP contribution in [0.5, 0.6) is 0 Å². The van der Waals surface area contributed by atoms with E-state index in [1.165, 1.54) is 0 Å². The monoisotopic (exact) mass is 344 g/mol. The fourth-order valence-corrected chi connectivity index (χ4v) is 4.40. The molecule has 1 spiro atoms. The van der Waals surface area contributed by atoms with E-state index in [4.69, 9.17) is 16.3 Å². The second-order valence-corrected chi connectivity index (χ2v) is 6.78. The molecule has 24 heavy (non-hydrogen) atoms. The molecule has 0 unspecified atom stereocenters. The average molecular weight is 345 g/mol. The number of fused-ring (bicyclic) bond motifs is 1. The van der Waals surface area contributed by atoms with Crippen LogP contribution in [0.2, 0.25) is 5.02 Å². The standard InChI is InChI=1S/C18H16ClNO4/c1-2-3-13-18-9-8-12(24-18)14(17(22)23)15(18)16(21)20(13)11-6-4-10(19)5-7-11/h2,4-9,12-15H,1,3H2,(H,22,23)/p-1/t12-,13+,14-,15+,18+/m0/s1. The van der Waals surface area contributed by atoms with Crippen LogP contribution in [0.1, 0.15) is 6.42 Å². The van der Waals surface area contributed by atoms with E-state index >= 15 is 0 Å². The van der Waals surface area contributed by atoms with E-state index in [0.29, 0.717) is 17.1 Å². The van der Waals surface area contributed by atoms with Crippen LogP contribution in [0, 0.1) is 11.8 Å². The number of benzene rings is 1. The van der Waals surface area contributed by atoms with Crippen LogP contribution >= 0.6 is 11.6 Å². The summed E-state index contributed by atoms with van der Waals surface area (Å²) in [5, 5.41) is 12.2. The fourth-order valence-electron chi connectivity index (χ4n) is 4.28. The first-order chi connectivity index (χ1) is 11.5. The Morgan fingerprint density at radius 1 is 1.42 bits per heavy atom. The van der Waals surface area contributed by atoms with Crippen LogP contribution in [0.15, 0.2) is 49.1 Å². The van der Waals surface area contributed by atoms with Gasteiger partial charge in [0, 0.05) is 22.6 Å². The summed E-state index contributed by atoms with van der Waals surface area (Å²) >= 11 is 5.93. The lowest BCUT2D eigenvalue weighted by Gasteiger charge is -2.32. The first kappa shape index (κ1) is 15.4. The molecule has 2 bridgehead atoms. The molecule has 124 valence electrons. The molecule has 0 aromatic heterocycles. The zero-order valence-electron chi connectivity index (χ0n) is 12.7. The molecule has 0 N–H and O–H groups in total. The van der Waals surface area contributed by atoms with Gasteiger partial charge in [-0.1, -0.05) is 29.8 Å². The van der Waals surface area contributed by atoms with Crippen LogP contribution in [0.3, 0.4) is 0 Å². The number of carboxylic acid groups (broad SMARTS) is 1. The van der Waals surface area contributed by atoms with E-state index in [0.717, 1.165) is 0 Å². The highest BCUT2D eigenvalue weighted by Gasteiger charge is 2.69. The van der Waals surface area contributed by atoms with E-state index in [1.807, 2.05) is 6.08 Å². The average Bonchev–Trinajstić information content (AvgIpc) is 3.18. The maximum atomic E-state index is 13.1. The van der Waals surface area contributed by atoms with Crippen LogP contribution in [-0.2, 0) is 14.3 Å². The molecule has 3 aliphatic heterocycles. The number of anilines is 1. The molecule has 3 aliphatic rings. The second kappa shape index (κ2) is 5.19. The molecule has 4 rings (SSSR count). The third kappa shape index (κ3) is 1.85. The van der Waals surface area contributed by atoms with Crippen molar-refractivity contribution >= 4 is 29.2 Å². The number of nitrogens with zero attached hydrogens (tertiary/aromatic N) is 1. The Hall–Kier alpha value is -2.11. The van der Waals surface area contributed by atoms with Gasteiger partial charge in [-0.3, -0.25) is 4.79 Å². The van der Waals surface area contributed by atoms with Gasteiger partial charge in [0.2, 0.25) is 5.91 Å². The van der Waals surface area contributed by atoms with Crippen LogP contribution in [0.25, 0.3) is 0 Å². The number of ether oxygens (including phenoxy) is 1. The Balaban J connectivity index is 1.83. The number of aliphatic carboxylic acids is 1. The summed E-state index contributed by atoms with van der Waals surface area (Å²) in [7, 11) is 0.